The molecular formula is C111H123F4N5O9. The molecule has 18 heteroatoms. The summed E-state index contributed by atoms with van der Waals surface area (Å²) < 4.78 is 76.9. The summed E-state index contributed by atoms with van der Waals surface area (Å²) in [7, 11) is 0. The smallest absolute Gasteiger partial charge is 0.309 e. The zero-order valence-corrected chi connectivity index (χ0v) is 75.2. The lowest BCUT2D eigenvalue weighted by Gasteiger charge is -2.47. The summed E-state index contributed by atoms with van der Waals surface area (Å²) in [4.78, 5) is 81.0. The van der Waals surface area contributed by atoms with Gasteiger partial charge in [0.1, 0.15) is 47.7 Å². The summed E-state index contributed by atoms with van der Waals surface area (Å²) in [5.41, 5.74) is 10.4. The van der Waals surface area contributed by atoms with Gasteiger partial charge in [-0.1, -0.05) is 137 Å². The van der Waals surface area contributed by atoms with E-state index >= 15 is 0 Å². The number of cyclic esters (lactones) is 4. The molecule has 0 bridgehead atoms. The van der Waals surface area contributed by atoms with E-state index in [4.69, 9.17) is 18.9 Å². The lowest BCUT2D eigenvalue weighted by Crippen LogP contribution is -2.48. The largest absolute Gasteiger partial charge is 0.462 e. The molecule has 8 aromatic rings. The Morgan fingerprint density at radius 2 is 0.581 bits per heavy atom. The number of allylic oxidation sites excluding steroid dienone is 4. The second kappa shape index (κ2) is 38.9. The van der Waals surface area contributed by atoms with Crippen molar-refractivity contribution in [3.8, 4) is 44.5 Å². The topological polar surface area (TPSA) is 186 Å². The van der Waals surface area contributed by atoms with Crippen LogP contribution in [-0.4, -0.2) is 80.2 Å². The number of benzene rings is 4. The van der Waals surface area contributed by atoms with Crippen LogP contribution in [-0.2, 0) is 42.9 Å². The first-order valence-electron chi connectivity index (χ1n) is 48.2. The van der Waals surface area contributed by atoms with Crippen LogP contribution >= 0.6 is 0 Å². The summed E-state index contributed by atoms with van der Waals surface area (Å²) >= 11 is 0. The summed E-state index contributed by atoms with van der Waals surface area (Å²) in [5.74, 6) is 8.53. The van der Waals surface area contributed by atoms with Gasteiger partial charge < -0.3 is 24.3 Å². The highest BCUT2D eigenvalue weighted by Crippen LogP contribution is 2.59. The minimum atomic E-state index is -0.262. The van der Waals surface area contributed by atoms with E-state index in [2.05, 4.69) is 115 Å². The fourth-order valence-corrected chi connectivity index (χ4v) is 26.2. The van der Waals surface area contributed by atoms with E-state index in [1.807, 2.05) is 79.7 Å². The monoisotopic (exact) mass is 1750 g/mol. The van der Waals surface area contributed by atoms with E-state index in [0.717, 1.165) is 143 Å². The van der Waals surface area contributed by atoms with E-state index in [0.29, 0.717) is 65.1 Å². The van der Waals surface area contributed by atoms with Crippen LogP contribution in [0.2, 0.25) is 0 Å². The lowest BCUT2D eigenvalue weighted by atomic mass is 9.56. The maximum atomic E-state index is 13.6. The number of hydrogen-bond acceptors (Lipinski definition) is 13. The molecule has 4 aliphatic heterocycles. The molecule has 0 spiro atoms. The Labute approximate surface area is 757 Å². The molecule has 28 atom stereocenters. The van der Waals surface area contributed by atoms with Crippen molar-refractivity contribution in [1.29, 1.82) is 0 Å². The summed E-state index contributed by atoms with van der Waals surface area (Å²) in [6, 6.07) is 42.3. The maximum Gasteiger partial charge on any atom is 0.309 e. The van der Waals surface area contributed by atoms with Crippen molar-refractivity contribution in [1.82, 2.24) is 25.3 Å². The van der Waals surface area contributed by atoms with E-state index in [1.165, 1.54) is 106 Å². The number of esters is 4. The zero-order chi connectivity index (χ0) is 89.4. The number of hydrogen-bond donors (Lipinski definition) is 1. The van der Waals surface area contributed by atoms with Gasteiger partial charge in [-0.05, 0) is 332 Å². The number of aromatic nitrogens is 4. The van der Waals surface area contributed by atoms with Crippen molar-refractivity contribution in [2.24, 2.45) is 142 Å². The van der Waals surface area contributed by atoms with Gasteiger partial charge in [-0.25, -0.2) is 17.6 Å². The van der Waals surface area contributed by atoms with E-state index in [-0.39, 0.29) is 143 Å². The number of nitrogens with zero attached hydrogens (tertiary/aromatic N) is 4. The molecule has 13 aliphatic rings. The average Bonchev–Trinajstić information content (AvgIpc) is 1.64. The van der Waals surface area contributed by atoms with Crippen LogP contribution in [0.1, 0.15) is 187 Å². The maximum absolute atomic E-state index is 13.6. The normalized spacial score (nSPS) is 34.6. The van der Waals surface area contributed by atoms with Crippen molar-refractivity contribution in [3.05, 3.63) is 241 Å². The number of ether oxygens (including phenoxy) is 4. The van der Waals surface area contributed by atoms with E-state index < -0.39 is 0 Å². The number of halogens is 4. The fourth-order valence-electron chi connectivity index (χ4n) is 26.2. The standard InChI is InChI=1S/C30H33FN2O3.3C27H30FNO2/c1-17-28-26(12-9-23-8-7-20(16-32-23)19-3-2-4-22(31)13-19)25-11-10-24(33-29(34)18-5-6-18)14-21(25)15-27(28)30(35)36-17;3*1-16-6-10-23-20(12-16)14-25-26(17(2)31-27(25)30)24(23)11-9-22-8-7-19(15-29-22)18-4-3-5-21(28)13-18/h2-4,7-9,12-13,16-18,21,24-28H,5-6,10-11,14-15H2,1H3,(H,33,34);3*3-5,7-9,11,13,15-17,20,23-26H,6,10,12,14H2,1-2H3/b12-9+;3*11-9+/t17-,21+,24-,25-,26+,27-,28+;3*16-,17-,20+,23-,24+,25-,26+/m1111/s1. The second-order valence-electron chi connectivity index (χ2n) is 40.7. The van der Waals surface area contributed by atoms with Gasteiger partial charge >= 0.3 is 23.9 Å². The Hall–Kier alpha value is -10.5. The van der Waals surface area contributed by atoms with E-state index in [9.17, 15) is 41.5 Å². The molecule has 9 saturated carbocycles. The Kier molecular flexibility index (Phi) is 26.9. The highest BCUT2D eigenvalue weighted by Gasteiger charge is 2.59. The summed E-state index contributed by atoms with van der Waals surface area (Å²) in [6.45, 7) is 15.2. The number of nitrogens with one attached hydrogen (secondary N) is 1. The van der Waals surface area contributed by atoms with Gasteiger partial charge in [-0.15, -0.1) is 0 Å². The van der Waals surface area contributed by atoms with E-state index in [1.54, 1.807) is 49.1 Å². The Balaban J connectivity index is 0.000000116. The van der Waals surface area contributed by atoms with Gasteiger partial charge in [0.15, 0.2) is 0 Å². The molecule has 4 aromatic carbocycles. The van der Waals surface area contributed by atoms with Crippen LogP contribution in [0.4, 0.5) is 17.6 Å². The number of amides is 1. The molecule has 8 heterocycles. The van der Waals surface area contributed by atoms with Crippen molar-refractivity contribution >= 4 is 54.1 Å². The SMILES string of the molecule is C[C@@H]1CC[C@@H]2[C@@H](C1)C[C@H]1C(=O)O[C@H](C)[C@H]1[C@H]2/C=C/c1ccc(-c2cccc(F)c2)cn1.C[C@@H]1CC[C@@H]2[C@@H](C1)C[C@H]1C(=O)O[C@H](C)[C@H]1[C@H]2/C=C/c1ccc(-c2cccc(F)c2)cn1.C[C@@H]1CC[C@@H]2[C@@H](C1)C[C@H]1C(=O)O[C@H](C)[C@H]1[C@H]2/C=C/c1ccc(-c2cccc(F)c2)cn1.C[C@H]1OC(=O)[C@@H]2C[C@@H]3C[C@H](NC(=O)C4CC4)CC[C@H]3[C@H](/C=C/c3ccc(-c4cccc(F)c4)cn3)[C@H]12. The van der Waals surface area contributed by atoms with Crippen molar-refractivity contribution in [2.75, 3.05) is 0 Å². The van der Waals surface area contributed by atoms with Crippen LogP contribution in [0.15, 0.2) is 195 Å². The number of fused-ring (bicyclic) bond motifs is 8. The molecule has 0 unspecified atom stereocenters. The van der Waals surface area contributed by atoms with Crippen molar-refractivity contribution in [3.63, 3.8) is 0 Å². The molecule has 1 N–H and O–H groups in total. The minimum Gasteiger partial charge on any atom is -0.462 e. The Bertz CT molecular complexity index is 5080. The Morgan fingerprint density at radius 1 is 0.318 bits per heavy atom. The molecule has 129 heavy (non-hydrogen) atoms. The van der Waals surface area contributed by atoms with Crippen LogP contribution in [0.3, 0.4) is 0 Å². The molecule has 14 nitrogen and oxygen atoms in total. The van der Waals surface area contributed by atoms with Gasteiger partial charge in [-0.3, -0.25) is 43.9 Å². The van der Waals surface area contributed by atoms with Gasteiger partial charge in [-0.2, -0.15) is 0 Å². The number of pyridine rings is 4. The molecule has 0 radical (unpaired) electrons. The molecule has 1 amide bonds. The average molecular weight is 1750 g/mol. The molecule has 4 aromatic heterocycles. The zero-order valence-electron chi connectivity index (χ0n) is 75.2. The molecule has 9 aliphatic carbocycles. The summed E-state index contributed by atoms with van der Waals surface area (Å²) in [5, 5.41) is 3.28. The third kappa shape index (κ3) is 19.9. The van der Waals surface area contributed by atoms with Crippen LogP contribution < -0.4 is 5.32 Å². The van der Waals surface area contributed by atoms with Crippen molar-refractivity contribution in [2.45, 2.75) is 194 Å². The molecule has 21 rings (SSSR count). The first-order chi connectivity index (χ1) is 62.4. The van der Waals surface area contributed by atoms with Crippen LogP contribution in [0.5, 0.6) is 0 Å². The van der Waals surface area contributed by atoms with Gasteiger partial charge in [0.2, 0.25) is 5.91 Å². The lowest BCUT2D eigenvalue weighted by molar-refractivity contribution is -0.145. The van der Waals surface area contributed by atoms with Gasteiger partial charge in [0.05, 0.1) is 46.4 Å². The van der Waals surface area contributed by atoms with Crippen LogP contribution in [0, 0.1) is 165 Å². The predicted octanol–water partition coefficient (Wildman–Crippen LogP) is 23.9. The summed E-state index contributed by atoms with van der Waals surface area (Å²) in [6.07, 6.45) is 44.6. The first-order valence-corrected chi connectivity index (χ1v) is 48.2. The number of rotatable bonds is 14. The minimum absolute atomic E-state index is 0.00477. The quantitative estimate of drug-likeness (QED) is 0.0616. The number of carbonyl (C=O) groups is 5. The molecule has 674 valence electrons. The predicted molar refractivity (Wildman–Crippen MR) is 493 cm³/mol. The fraction of sp³-hybridized carbons (Fsp3) is 0.486. The first kappa shape index (κ1) is 89.1. The third-order valence-corrected chi connectivity index (χ3v) is 32.4. The molecular weight excluding hydrogens is 1620 g/mol. The number of carbonyl (C=O) groups excluding carboxylic acids is 5. The third-order valence-electron chi connectivity index (χ3n) is 32.4. The van der Waals surface area contributed by atoms with Crippen molar-refractivity contribution < 1.29 is 60.5 Å². The molecule has 13 fully saturated rings. The van der Waals surface area contributed by atoms with Gasteiger partial charge in [0, 0.05) is 82.7 Å². The highest BCUT2D eigenvalue weighted by atomic mass is 19.1. The van der Waals surface area contributed by atoms with Crippen LogP contribution in [0.25, 0.3) is 68.8 Å². The highest BCUT2D eigenvalue weighted by molar-refractivity contribution is 5.81. The second-order valence-corrected chi connectivity index (χ2v) is 40.7. The Morgan fingerprint density at radius 3 is 0.829 bits per heavy atom. The molecule has 4 saturated heterocycles. The van der Waals surface area contributed by atoms with Gasteiger partial charge in [0.25, 0.3) is 0 Å².